The molecule has 2 saturated heterocycles. The van der Waals surface area contributed by atoms with Gasteiger partial charge in [-0.2, -0.15) is 0 Å². The molecular weight excluding hydrogens is 426 g/mol. The number of hydrogen-bond donors (Lipinski definition) is 0. The van der Waals surface area contributed by atoms with E-state index in [1.54, 1.807) is 0 Å². The van der Waals surface area contributed by atoms with Crippen LogP contribution < -0.4 is 48.0 Å². The monoisotopic (exact) mass is 452 g/mol. The van der Waals surface area contributed by atoms with Gasteiger partial charge >= 0.3 is 0 Å². The standard InChI is InChI=1S/C12H26N2.2HI/c1-13(2)7-5-11(9-13)12-6-8-14(3,4)10-12;;/h11-12H,5-10H2,1-4H3;2*1H/q+2;;/p-2. The molecule has 2 heterocycles. The second kappa shape index (κ2) is 6.02. The summed E-state index contributed by atoms with van der Waals surface area (Å²) in [5, 5.41) is 0. The molecular formula is C12H26I2N2. The molecule has 2 nitrogen and oxygen atoms in total. The van der Waals surface area contributed by atoms with Crippen LogP contribution in [0.2, 0.25) is 0 Å². The largest absolute Gasteiger partial charge is 1.00 e. The molecule has 2 aliphatic rings. The van der Waals surface area contributed by atoms with Crippen LogP contribution in [0.3, 0.4) is 0 Å². The molecule has 0 spiro atoms. The molecule has 0 aromatic carbocycles. The first kappa shape index (κ1) is 17.4. The lowest BCUT2D eigenvalue weighted by Gasteiger charge is -2.26. The Morgan fingerprint density at radius 3 is 1.19 bits per heavy atom. The van der Waals surface area contributed by atoms with Gasteiger partial charge in [0.15, 0.2) is 0 Å². The van der Waals surface area contributed by atoms with Gasteiger partial charge in [-0.15, -0.1) is 0 Å². The molecule has 0 saturated carbocycles. The van der Waals surface area contributed by atoms with Crippen molar-refractivity contribution < 1.29 is 56.9 Å². The highest BCUT2D eigenvalue weighted by Crippen LogP contribution is 2.34. The van der Waals surface area contributed by atoms with Crippen molar-refractivity contribution in [2.24, 2.45) is 11.8 Å². The number of hydrogen-bond acceptors (Lipinski definition) is 0. The maximum absolute atomic E-state index is 2.38. The fraction of sp³-hybridized carbons (Fsp3) is 1.00. The first-order valence-electron chi connectivity index (χ1n) is 6.02. The molecule has 2 atom stereocenters. The van der Waals surface area contributed by atoms with Gasteiger partial charge in [-0.3, -0.25) is 0 Å². The summed E-state index contributed by atoms with van der Waals surface area (Å²) in [6, 6.07) is 0. The molecule has 4 heteroatoms. The number of halogens is 2. The Bertz CT molecular complexity index is 205. The Balaban J connectivity index is 0.00000112. The lowest BCUT2D eigenvalue weighted by Crippen LogP contribution is -3.00. The van der Waals surface area contributed by atoms with Crippen LogP contribution in [0.15, 0.2) is 0 Å². The van der Waals surface area contributed by atoms with Gasteiger partial charge < -0.3 is 56.9 Å². The Morgan fingerprint density at radius 2 is 1.00 bits per heavy atom. The van der Waals surface area contributed by atoms with E-state index in [0.29, 0.717) is 0 Å². The molecule has 2 fully saturated rings. The predicted octanol–water partition coefficient (Wildman–Crippen LogP) is -4.81. The zero-order valence-corrected chi connectivity index (χ0v) is 15.4. The minimum absolute atomic E-state index is 0. The van der Waals surface area contributed by atoms with E-state index in [-0.39, 0.29) is 48.0 Å². The molecule has 98 valence electrons. The number of nitrogens with zero attached hydrogens (tertiary/aromatic N) is 2. The van der Waals surface area contributed by atoms with E-state index in [1.807, 2.05) is 0 Å². The van der Waals surface area contributed by atoms with E-state index < -0.39 is 0 Å². The van der Waals surface area contributed by atoms with Crippen molar-refractivity contribution in [3.05, 3.63) is 0 Å². The molecule has 0 aromatic heterocycles. The van der Waals surface area contributed by atoms with Crippen molar-refractivity contribution in [3.63, 3.8) is 0 Å². The summed E-state index contributed by atoms with van der Waals surface area (Å²) in [5.74, 6) is 2.04. The highest BCUT2D eigenvalue weighted by molar-refractivity contribution is 4.77. The summed E-state index contributed by atoms with van der Waals surface area (Å²) in [6.45, 7) is 5.64. The van der Waals surface area contributed by atoms with E-state index >= 15 is 0 Å². The van der Waals surface area contributed by atoms with E-state index in [4.69, 9.17) is 0 Å². The average Bonchev–Trinajstić information content (AvgIpc) is 2.54. The van der Waals surface area contributed by atoms with Crippen molar-refractivity contribution in [2.45, 2.75) is 12.8 Å². The van der Waals surface area contributed by atoms with Crippen molar-refractivity contribution >= 4 is 0 Å². The van der Waals surface area contributed by atoms with Crippen LogP contribution in [0.5, 0.6) is 0 Å². The SMILES string of the molecule is C[N+]1(C)CCC(C2CC[N+](C)(C)C2)C1.[I-].[I-]. The molecule has 0 amide bonds. The average molecular weight is 452 g/mol. The third-order valence-corrected chi connectivity index (χ3v) is 4.33. The molecule has 0 aliphatic carbocycles. The summed E-state index contributed by atoms with van der Waals surface area (Å²) in [6.07, 6.45) is 2.94. The maximum Gasteiger partial charge on any atom is 0.0818 e. The van der Waals surface area contributed by atoms with Crippen molar-refractivity contribution in [1.29, 1.82) is 0 Å². The molecule has 0 radical (unpaired) electrons. The summed E-state index contributed by atoms with van der Waals surface area (Å²) in [7, 11) is 9.54. The first-order valence-corrected chi connectivity index (χ1v) is 6.02. The van der Waals surface area contributed by atoms with E-state index in [0.717, 1.165) is 11.8 Å². The van der Waals surface area contributed by atoms with Crippen LogP contribution in [-0.4, -0.2) is 63.3 Å². The Kier molecular flexibility index (Phi) is 6.53. The van der Waals surface area contributed by atoms with E-state index in [2.05, 4.69) is 28.2 Å². The normalized spacial score (nSPS) is 35.2. The van der Waals surface area contributed by atoms with Crippen LogP contribution in [0.25, 0.3) is 0 Å². The Hall–Kier alpha value is 1.38. The third kappa shape index (κ3) is 4.24. The highest BCUT2D eigenvalue weighted by atomic mass is 127. The van der Waals surface area contributed by atoms with Gasteiger partial charge in [-0.1, -0.05) is 0 Å². The zero-order chi connectivity index (χ0) is 10.4. The van der Waals surface area contributed by atoms with Gasteiger partial charge in [0, 0.05) is 24.7 Å². The van der Waals surface area contributed by atoms with Crippen LogP contribution in [0.4, 0.5) is 0 Å². The quantitative estimate of drug-likeness (QED) is 0.277. The third-order valence-electron chi connectivity index (χ3n) is 4.33. The predicted molar refractivity (Wildman–Crippen MR) is 59.9 cm³/mol. The Morgan fingerprint density at radius 1 is 0.688 bits per heavy atom. The molecule has 0 bridgehead atoms. The fourth-order valence-corrected chi connectivity index (χ4v) is 3.43. The van der Waals surface area contributed by atoms with Gasteiger partial charge in [0.05, 0.1) is 54.4 Å². The zero-order valence-electron chi connectivity index (χ0n) is 11.0. The number of likely N-dealkylation sites (tertiary alicyclic amines) is 2. The van der Waals surface area contributed by atoms with Gasteiger partial charge in [0.25, 0.3) is 0 Å². The van der Waals surface area contributed by atoms with Crippen LogP contribution >= 0.6 is 0 Å². The lowest BCUT2D eigenvalue weighted by atomic mass is 9.91. The second-order valence-electron chi connectivity index (χ2n) is 6.78. The smallest absolute Gasteiger partial charge is 0.0818 e. The van der Waals surface area contributed by atoms with Gasteiger partial charge in [-0.25, -0.2) is 0 Å². The second-order valence-corrected chi connectivity index (χ2v) is 6.78. The van der Waals surface area contributed by atoms with Crippen molar-refractivity contribution in [1.82, 2.24) is 0 Å². The summed E-state index contributed by atoms with van der Waals surface area (Å²) >= 11 is 0. The van der Waals surface area contributed by atoms with Crippen LogP contribution in [0.1, 0.15) is 12.8 Å². The van der Waals surface area contributed by atoms with Gasteiger partial charge in [0.2, 0.25) is 0 Å². The fourth-order valence-electron chi connectivity index (χ4n) is 3.43. The van der Waals surface area contributed by atoms with Crippen molar-refractivity contribution in [3.8, 4) is 0 Å². The molecule has 2 unspecified atom stereocenters. The summed E-state index contributed by atoms with van der Waals surface area (Å²) < 4.78 is 2.52. The maximum atomic E-state index is 2.38. The van der Waals surface area contributed by atoms with Crippen LogP contribution in [-0.2, 0) is 0 Å². The molecule has 2 aliphatic heterocycles. The number of quaternary nitrogens is 2. The molecule has 2 rings (SSSR count). The summed E-state index contributed by atoms with van der Waals surface area (Å²) in [5.41, 5.74) is 0. The highest BCUT2D eigenvalue weighted by Gasteiger charge is 2.42. The minimum atomic E-state index is 0. The molecule has 0 aromatic rings. The molecule has 0 N–H and O–H groups in total. The lowest BCUT2D eigenvalue weighted by molar-refractivity contribution is -0.883. The van der Waals surface area contributed by atoms with E-state index in [1.165, 1.54) is 48.0 Å². The van der Waals surface area contributed by atoms with Gasteiger partial charge in [-0.05, 0) is 0 Å². The number of rotatable bonds is 1. The Labute approximate surface area is 135 Å². The molecule has 16 heavy (non-hydrogen) atoms. The van der Waals surface area contributed by atoms with E-state index in [9.17, 15) is 0 Å². The van der Waals surface area contributed by atoms with Crippen LogP contribution in [0, 0.1) is 11.8 Å². The van der Waals surface area contributed by atoms with Crippen molar-refractivity contribution in [2.75, 3.05) is 54.4 Å². The topological polar surface area (TPSA) is 0 Å². The van der Waals surface area contributed by atoms with Gasteiger partial charge in [0.1, 0.15) is 0 Å². The first-order chi connectivity index (χ1) is 6.38. The summed E-state index contributed by atoms with van der Waals surface area (Å²) in [4.78, 5) is 0. The minimum Gasteiger partial charge on any atom is -1.00 e.